The van der Waals surface area contributed by atoms with Crippen LogP contribution in [0.2, 0.25) is 0 Å². The monoisotopic (exact) mass is 292 g/mol. The molecule has 0 aliphatic rings. The van der Waals surface area contributed by atoms with E-state index in [1.807, 2.05) is 13.8 Å². The summed E-state index contributed by atoms with van der Waals surface area (Å²) in [5, 5.41) is 0. The van der Waals surface area contributed by atoms with Crippen molar-refractivity contribution in [3.63, 3.8) is 0 Å². The van der Waals surface area contributed by atoms with Crippen LogP contribution < -0.4 is 0 Å². The van der Waals surface area contributed by atoms with Crippen LogP contribution in [0.1, 0.15) is 50.2 Å². The number of rotatable bonds is 5. The number of carbonyl (C=O) groups is 2. The summed E-state index contributed by atoms with van der Waals surface area (Å²) in [4.78, 5) is 29.9. The van der Waals surface area contributed by atoms with Crippen LogP contribution in [0.25, 0.3) is 0 Å². The fourth-order valence-corrected chi connectivity index (χ4v) is 1.83. The minimum atomic E-state index is -0.552. The maximum absolute atomic E-state index is 12.4. The van der Waals surface area contributed by atoms with Crippen LogP contribution >= 0.6 is 0 Å². The molecule has 0 atom stereocenters. The molecule has 5 heteroatoms. The van der Waals surface area contributed by atoms with Gasteiger partial charge in [-0.2, -0.15) is 0 Å². The van der Waals surface area contributed by atoms with Crippen molar-refractivity contribution in [3.05, 3.63) is 29.6 Å². The molecule has 1 aromatic rings. The Morgan fingerprint density at radius 2 is 1.95 bits per heavy atom. The van der Waals surface area contributed by atoms with E-state index < -0.39 is 11.6 Å². The van der Waals surface area contributed by atoms with Gasteiger partial charge in [-0.05, 0) is 46.2 Å². The third kappa shape index (κ3) is 5.94. The summed E-state index contributed by atoms with van der Waals surface area (Å²) in [5.74, 6) is -0.598. The van der Waals surface area contributed by atoms with Gasteiger partial charge in [0.25, 0.3) is 5.91 Å². The summed E-state index contributed by atoms with van der Waals surface area (Å²) >= 11 is 0. The van der Waals surface area contributed by atoms with E-state index in [1.165, 1.54) is 11.1 Å². The molecule has 0 saturated heterocycles. The van der Waals surface area contributed by atoms with Gasteiger partial charge in [-0.1, -0.05) is 6.92 Å². The molecular formula is C16H24N2O3. The van der Waals surface area contributed by atoms with E-state index in [1.54, 1.807) is 32.9 Å². The van der Waals surface area contributed by atoms with Crippen LogP contribution in [0.15, 0.2) is 18.3 Å². The van der Waals surface area contributed by atoms with Gasteiger partial charge in [0.1, 0.15) is 12.1 Å². The summed E-state index contributed by atoms with van der Waals surface area (Å²) in [6, 6.07) is 3.51. The van der Waals surface area contributed by atoms with Gasteiger partial charge in [0.05, 0.1) is 5.56 Å². The van der Waals surface area contributed by atoms with Crippen LogP contribution in [-0.4, -0.2) is 40.5 Å². The molecule has 0 radical (unpaired) electrons. The molecule has 1 amide bonds. The average molecular weight is 292 g/mol. The maximum atomic E-state index is 12.4. The molecule has 5 nitrogen and oxygen atoms in total. The second-order valence-corrected chi connectivity index (χ2v) is 6.00. The maximum Gasteiger partial charge on any atom is 0.326 e. The molecule has 1 aromatic heterocycles. The van der Waals surface area contributed by atoms with E-state index in [0.29, 0.717) is 12.1 Å². The van der Waals surface area contributed by atoms with Crippen molar-refractivity contribution >= 4 is 11.9 Å². The Bertz CT molecular complexity index is 489. The summed E-state index contributed by atoms with van der Waals surface area (Å²) < 4.78 is 5.27. The van der Waals surface area contributed by atoms with Crippen molar-refractivity contribution in [2.24, 2.45) is 0 Å². The lowest BCUT2D eigenvalue weighted by Crippen LogP contribution is -2.39. The first-order chi connectivity index (χ1) is 9.73. The minimum Gasteiger partial charge on any atom is -0.459 e. The number of hydrogen-bond acceptors (Lipinski definition) is 4. The zero-order valence-electron chi connectivity index (χ0n) is 13.5. The van der Waals surface area contributed by atoms with Gasteiger partial charge in [-0.15, -0.1) is 0 Å². The summed E-state index contributed by atoms with van der Waals surface area (Å²) in [6.45, 7) is 9.70. The fourth-order valence-electron chi connectivity index (χ4n) is 1.83. The summed E-state index contributed by atoms with van der Waals surface area (Å²) in [6.07, 6.45) is 2.31. The van der Waals surface area contributed by atoms with E-state index in [4.69, 9.17) is 4.74 Å². The van der Waals surface area contributed by atoms with E-state index >= 15 is 0 Å². The van der Waals surface area contributed by atoms with E-state index in [2.05, 4.69) is 4.98 Å². The second-order valence-electron chi connectivity index (χ2n) is 6.00. The first kappa shape index (κ1) is 17.1. The highest BCUT2D eigenvalue weighted by Crippen LogP contribution is 2.10. The molecule has 0 bridgehead atoms. The first-order valence-electron chi connectivity index (χ1n) is 7.16. The molecule has 0 spiro atoms. The van der Waals surface area contributed by atoms with Gasteiger partial charge in [-0.3, -0.25) is 14.6 Å². The van der Waals surface area contributed by atoms with Crippen LogP contribution in [0.5, 0.6) is 0 Å². The molecule has 1 heterocycles. The zero-order chi connectivity index (χ0) is 16.0. The third-order valence-electron chi connectivity index (χ3n) is 2.68. The van der Waals surface area contributed by atoms with Crippen LogP contribution in [0, 0.1) is 6.92 Å². The molecule has 1 rings (SSSR count). The number of ether oxygens (including phenoxy) is 1. The number of esters is 1. The number of aryl methyl sites for hydroxylation is 1. The summed E-state index contributed by atoms with van der Waals surface area (Å²) in [5.41, 5.74) is 0.780. The number of amides is 1. The molecule has 0 saturated carbocycles. The molecule has 0 aliphatic heterocycles. The van der Waals surface area contributed by atoms with Crippen molar-refractivity contribution < 1.29 is 14.3 Å². The Hall–Kier alpha value is -1.91. The van der Waals surface area contributed by atoms with Gasteiger partial charge < -0.3 is 9.64 Å². The molecule has 0 N–H and O–H groups in total. The Labute approximate surface area is 126 Å². The molecule has 0 aromatic carbocycles. The molecule has 21 heavy (non-hydrogen) atoms. The standard InChI is InChI=1S/C16H24N2O3/c1-6-9-18(11-14(19)21-16(3,4)5)15(20)13-8-7-12(2)17-10-13/h7-8,10H,6,9,11H2,1-5H3. The Kier molecular flexibility index (Phi) is 5.88. The molecular weight excluding hydrogens is 268 g/mol. The van der Waals surface area contributed by atoms with Crippen molar-refractivity contribution in [3.8, 4) is 0 Å². The zero-order valence-corrected chi connectivity index (χ0v) is 13.5. The average Bonchev–Trinajstić information content (AvgIpc) is 2.36. The quantitative estimate of drug-likeness (QED) is 0.783. The minimum absolute atomic E-state index is 0.0438. The topological polar surface area (TPSA) is 59.5 Å². The molecule has 0 unspecified atom stereocenters. The highest BCUT2D eigenvalue weighted by Gasteiger charge is 2.22. The Morgan fingerprint density at radius 3 is 2.43 bits per heavy atom. The second kappa shape index (κ2) is 7.20. The lowest BCUT2D eigenvalue weighted by Gasteiger charge is -2.25. The van der Waals surface area contributed by atoms with Crippen LogP contribution in [-0.2, 0) is 9.53 Å². The summed E-state index contributed by atoms with van der Waals surface area (Å²) in [7, 11) is 0. The number of pyridine rings is 1. The third-order valence-corrected chi connectivity index (χ3v) is 2.68. The molecule has 0 fully saturated rings. The SMILES string of the molecule is CCCN(CC(=O)OC(C)(C)C)C(=O)c1ccc(C)nc1. The predicted molar refractivity (Wildman–Crippen MR) is 81.0 cm³/mol. The van der Waals surface area contributed by atoms with Gasteiger partial charge >= 0.3 is 5.97 Å². The van der Waals surface area contributed by atoms with Gasteiger partial charge in [-0.25, -0.2) is 0 Å². The highest BCUT2D eigenvalue weighted by molar-refractivity contribution is 5.95. The normalized spacial score (nSPS) is 11.1. The number of carbonyl (C=O) groups excluding carboxylic acids is 2. The lowest BCUT2D eigenvalue weighted by atomic mass is 10.2. The van der Waals surface area contributed by atoms with Gasteiger partial charge in [0, 0.05) is 18.4 Å². The smallest absolute Gasteiger partial charge is 0.326 e. The number of aromatic nitrogens is 1. The van der Waals surface area contributed by atoms with Gasteiger partial charge in [0.2, 0.25) is 0 Å². The van der Waals surface area contributed by atoms with Crippen molar-refractivity contribution in [1.29, 1.82) is 0 Å². The first-order valence-corrected chi connectivity index (χ1v) is 7.16. The van der Waals surface area contributed by atoms with Crippen molar-refractivity contribution in [1.82, 2.24) is 9.88 Å². The molecule has 0 aliphatic carbocycles. The predicted octanol–water partition coefficient (Wildman–Crippen LogP) is 2.58. The largest absolute Gasteiger partial charge is 0.459 e. The number of hydrogen-bond donors (Lipinski definition) is 0. The lowest BCUT2D eigenvalue weighted by molar-refractivity contribution is -0.155. The number of nitrogens with zero attached hydrogens (tertiary/aromatic N) is 2. The van der Waals surface area contributed by atoms with Gasteiger partial charge in [0.15, 0.2) is 0 Å². The van der Waals surface area contributed by atoms with Crippen molar-refractivity contribution in [2.75, 3.05) is 13.1 Å². The van der Waals surface area contributed by atoms with E-state index in [9.17, 15) is 9.59 Å². The Morgan fingerprint density at radius 1 is 1.29 bits per heavy atom. The fraction of sp³-hybridized carbons (Fsp3) is 0.562. The van der Waals surface area contributed by atoms with E-state index in [0.717, 1.165) is 12.1 Å². The van der Waals surface area contributed by atoms with Crippen LogP contribution in [0.3, 0.4) is 0 Å². The highest BCUT2D eigenvalue weighted by atomic mass is 16.6. The Balaban J connectivity index is 2.78. The van der Waals surface area contributed by atoms with E-state index in [-0.39, 0.29) is 12.5 Å². The molecule has 116 valence electrons. The van der Waals surface area contributed by atoms with Crippen LogP contribution in [0.4, 0.5) is 0 Å². The van der Waals surface area contributed by atoms with Crippen molar-refractivity contribution in [2.45, 2.75) is 46.6 Å².